The van der Waals surface area contributed by atoms with Crippen molar-refractivity contribution >= 4 is 54.1 Å². The molecule has 1 N–H and O–H groups in total. The molecule has 112 valence electrons. The molecule has 0 saturated carbocycles. The predicted octanol–water partition coefficient (Wildman–Crippen LogP) is 3.50. The molecule has 0 bridgehead atoms. The number of halogens is 2. The lowest BCUT2D eigenvalue weighted by Crippen LogP contribution is -2.16. The lowest BCUT2D eigenvalue weighted by Gasteiger charge is -2.11. The first-order chi connectivity index (χ1) is 9.93. The number of hydrogen-bond donors (Lipinski definition) is 1. The molecule has 2 aromatic rings. The van der Waals surface area contributed by atoms with Crippen molar-refractivity contribution in [2.45, 2.75) is 6.42 Å². The van der Waals surface area contributed by atoms with E-state index < -0.39 is 9.84 Å². The molecule has 1 aliphatic heterocycles. The molecule has 0 spiro atoms. The Balaban J connectivity index is 1.76. The molecular weight excluding hydrogens is 376 g/mol. The summed E-state index contributed by atoms with van der Waals surface area (Å²) in [6.07, 6.45) is 0.719. The lowest BCUT2D eigenvalue weighted by atomic mass is 10.1. The van der Waals surface area contributed by atoms with Gasteiger partial charge >= 0.3 is 0 Å². The average molecular weight is 390 g/mol. The topological polar surface area (TPSA) is 59.1 Å². The summed E-state index contributed by atoms with van der Waals surface area (Å²) >= 11 is 9.60. The van der Waals surface area contributed by atoms with E-state index in [9.17, 15) is 8.42 Å². The van der Waals surface area contributed by atoms with Gasteiger partial charge in [-0.05, 0) is 36.6 Å². The number of nitrogens with one attached hydrogen (secondary N) is 1. The number of sulfone groups is 1. The van der Waals surface area contributed by atoms with Crippen LogP contribution in [-0.4, -0.2) is 31.5 Å². The van der Waals surface area contributed by atoms with Crippen LogP contribution in [0.15, 0.2) is 28.7 Å². The average Bonchev–Trinajstić information content (AvgIpc) is 2.76. The number of benzene rings is 1. The number of nitrogens with zero attached hydrogens (tertiary/aromatic N) is 1. The second kappa shape index (κ2) is 5.74. The second-order valence-corrected chi connectivity index (χ2v) is 8.86. The van der Waals surface area contributed by atoms with Crippen LogP contribution in [0.3, 0.4) is 0 Å². The van der Waals surface area contributed by atoms with Crippen molar-refractivity contribution in [1.29, 1.82) is 0 Å². The van der Waals surface area contributed by atoms with Gasteiger partial charge in [0.1, 0.15) is 5.82 Å². The minimum Gasteiger partial charge on any atom is -0.370 e. The molecule has 0 aliphatic carbocycles. The Bertz CT molecular complexity index is 795. The molecule has 1 unspecified atom stereocenters. The molecule has 1 aromatic heterocycles. The fourth-order valence-electron chi connectivity index (χ4n) is 2.54. The summed E-state index contributed by atoms with van der Waals surface area (Å²) in [5.41, 5.74) is 0.740. The fourth-order valence-corrected chi connectivity index (χ4v) is 5.28. The van der Waals surface area contributed by atoms with Gasteiger partial charge in [-0.3, -0.25) is 0 Å². The van der Waals surface area contributed by atoms with E-state index in [1.54, 1.807) is 0 Å². The fraction of sp³-hybridized carbons (Fsp3) is 0.357. The number of aromatic nitrogens is 1. The van der Waals surface area contributed by atoms with E-state index in [0.717, 1.165) is 27.6 Å². The van der Waals surface area contributed by atoms with Crippen LogP contribution >= 0.6 is 27.5 Å². The zero-order chi connectivity index (χ0) is 15.0. The van der Waals surface area contributed by atoms with Crippen molar-refractivity contribution in [2.75, 3.05) is 23.4 Å². The van der Waals surface area contributed by atoms with Crippen LogP contribution in [0.2, 0.25) is 5.02 Å². The summed E-state index contributed by atoms with van der Waals surface area (Å²) in [5.74, 6) is 1.44. The Kier molecular flexibility index (Phi) is 4.12. The molecule has 2 heterocycles. The summed E-state index contributed by atoms with van der Waals surface area (Å²) in [4.78, 5) is 4.50. The van der Waals surface area contributed by atoms with E-state index in [-0.39, 0.29) is 11.7 Å². The molecule has 3 rings (SSSR count). The number of pyridine rings is 1. The van der Waals surface area contributed by atoms with Crippen LogP contribution < -0.4 is 5.32 Å². The zero-order valence-electron chi connectivity index (χ0n) is 11.1. The molecule has 4 nitrogen and oxygen atoms in total. The minimum absolute atomic E-state index is 0.160. The first kappa shape index (κ1) is 15.1. The van der Waals surface area contributed by atoms with Crippen molar-refractivity contribution in [2.24, 2.45) is 5.92 Å². The molecule has 21 heavy (non-hydrogen) atoms. The van der Waals surface area contributed by atoms with Crippen molar-refractivity contribution in [1.82, 2.24) is 4.98 Å². The van der Waals surface area contributed by atoms with Crippen molar-refractivity contribution in [3.63, 3.8) is 0 Å². The van der Waals surface area contributed by atoms with Crippen LogP contribution in [0.25, 0.3) is 10.9 Å². The monoisotopic (exact) mass is 388 g/mol. The van der Waals surface area contributed by atoms with E-state index in [2.05, 4.69) is 26.2 Å². The summed E-state index contributed by atoms with van der Waals surface area (Å²) in [6.45, 7) is 0.617. The maximum absolute atomic E-state index is 11.4. The molecule has 1 atom stereocenters. The van der Waals surface area contributed by atoms with Gasteiger partial charge in [0.2, 0.25) is 0 Å². The quantitative estimate of drug-likeness (QED) is 0.873. The van der Waals surface area contributed by atoms with Crippen molar-refractivity contribution in [3.8, 4) is 0 Å². The normalized spacial score (nSPS) is 20.8. The first-order valence-corrected chi connectivity index (χ1v) is 9.62. The Morgan fingerprint density at radius 1 is 1.38 bits per heavy atom. The molecule has 0 radical (unpaired) electrons. The van der Waals surface area contributed by atoms with Gasteiger partial charge in [0.25, 0.3) is 0 Å². The van der Waals surface area contributed by atoms with Crippen LogP contribution in [0.5, 0.6) is 0 Å². The summed E-state index contributed by atoms with van der Waals surface area (Å²) in [6, 6.07) is 7.60. The molecule has 0 amide bonds. The summed E-state index contributed by atoms with van der Waals surface area (Å²) < 4.78 is 23.8. The Hall–Kier alpha value is -0.850. The maximum Gasteiger partial charge on any atom is 0.150 e. The van der Waals surface area contributed by atoms with Gasteiger partial charge in [-0.25, -0.2) is 13.4 Å². The van der Waals surface area contributed by atoms with Gasteiger partial charge in [0, 0.05) is 16.4 Å². The van der Waals surface area contributed by atoms with Crippen LogP contribution in [0.1, 0.15) is 6.42 Å². The summed E-state index contributed by atoms with van der Waals surface area (Å²) in [5, 5.41) is 4.76. The van der Waals surface area contributed by atoms with Gasteiger partial charge in [-0.2, -0.15) is 0 Å². The molecule has 1 aliphatic rings. The van der Waals surface area contributed by atoms with Gasteiger partial charge in [0.05, 0.1) is 22.0 Å². The molecule has 1 fully saturated rings. The maximum atomic E-state index is 11.4. The molecule has 7 heteroatoms. The number of rotatable bonds is 3. The molecular formula is C14H14BrClN2O2S. The number of anilines is 1. The number of hydrogen-bond acceptors (Lipinski definition) is 4. The third-order valence-electron chi connectivity index (χ3n) is 3.61. The van der Waals surface area contributed by atoms with E-state index in [1.165, 1.54) is 0 Å². The highest BCUT2D eigenvalue weighted by Crippen LogP contribution is 2.28. The lowest BCUT2D eigenvalue weighted by molar-refractivity contribution is 0.595. The van der Waals surface area contributed by atoms with Crippen LogP contribution in [-0.2, 0) is 9.84 Å². The standard InChI is InChI=1S/C14H14BrClN2O2S/c15-11-5-10-1-2-13(18-14(10)12(16)6-11)17-7-9-3-4-21(19,20)8-9/h1-2,5-6,9H,3-4,7-8H2,(H,17,18). The highest BCUT2D eigenvalue weighted by molar-refractivity contribution is 9.10. The van der Waals surface area contributed by atoms with E-state index >= 15 is 0 Å². The molecule has 1 saturated heterocycles. The highest BCUT2D eigenvalue weighted by Gasteiger charge is 2.27. The Morgan fingerprint density at radius 2 is 2.19 bits per heavy atom. The van der Waals surface area contributed by atoms with Crippen molar-refractivity contribution in [3.05, 3.63) is 33.8 Å². The number of fused-ring (bicyclic) bond motifs is 1. The Morgan fingerprint density at radius 3 is 2.90 bits per heavy atom. The third kappa shape index (κ3) is 3.49. The highest BCUT2D eigenvalue weighted by atomic mass is 79.9. The Labute approximate surface area is 136 Å². The molecule has 1 aromatic carbocycles. The predicted molar refractivity (Wildman–Crippen MR) is 89.7 cm³/mol. The van der Waals surface area contributed by atoms with Gasteiger partial charge in [-0.1, -0.05) is 27.5 Å². The zero-order valence-corrected chi connectivity index (χ0v) is 14.3. The van der Waals surface area contributed by atoms with Gasteiger partial charge < -0.3 is 5.32 Å². The van der Waals surface area contributed by atoms with Gasteiger partial charge in [0.15, 0.2) is 9.84 Å². The minimum atomic E-state index is -2.83. The van der Waals surface area contributed by atoms with E-state index in [1.807, 2.05) is 24.3 Å². The third-order valence-corrected chi connectivity index (χ3v) is 6.19. The van der Waals surface area contributed by atoms with Gasteiger partial charge in [-0.15, -0.1) is 0 Å². The van der Waals surface area contributed by atoms with E-state index in [4.69, 9.17) is 11.6 Å². The SMILES string of the molecule is O=S1(=O)CCC(CNc2ccc3cc(Br)cc(Cl)c3n2)C1. The largest absolute Gasteiger partial charge is 0.370 e. The van der Waals surface area contributed by atoms with Crippen LogP contribution in [0.4, 0.5) is 5.82 Å². The first-order valence-electron chi connectivity index (χ1n) is 6.63. The summed E-state index contributed by atoms with van der Waals surface area (Å²) in [7, 11) is -2.83. The van der Waals surface area contributed by atoms with Crippen molar-refractivity contribution < 1.29 is 8.42 Å². The van der Waals surface area contributed by atoms with Crippen LogP contribution in [0, 0.1) is 5.92 Å². The van der Waals surface area contributed by atoms with E-state index in [0.29, 0.717) is 17.3 Å². The second-order valence-electron chi connectivity index (χ2n) is 5.31. The smallest absolute Gasteiger partial charge is 0.150 e.